The average Bonchev–Trinajstić information content (AvgIpc) is 3.24. The topological polar surface area (TPSA) is 122 Å². The lowest BCUT2D eigenvalue weighted by molar-refractivity contribution is -0.136. The van der Waals surface area contributed by atoms with Crippen molar-refractivity contribution in [3.63, 3.8) is 0 Å². The number of hydrogen-bond acceptors (Lipinski definition) is 9. The number of amides is 2. The summed E-state index contributed by atoms with van der Waals surface area (Å²) < 4.78 is 0. The number of nitrogens with one attached hydrogen (secondary N) is 7. The summed E-state index contributed by atoms with van der Waals surface area (Å²) in [6.45, 7) is 5.02. The van der Waals surface area contributed by atoms with Gasteiger partial charge >= 0.3 is 0 Å². The molecule has 5 atom stereocenters. The Morgan fingerprint density at radius 3 is 2.81 bits per heavy atom. The lowest BCUT2D eigenvalue weighted by atomic mass is 9.67. The first kappa shape index (κ1) is 26.0. The van der Waals surface area contributed by atoms with E-state index in [1.807, 2.05) is 6.20 Å². The summed E-state index contributed by atoms with van der Waals surface area (Å²) in [5, 5.41) is 23.5. The SMILES string of the molecule is O=C(NCCNC(=O)C1([C@@H]2CC=CCCC2)CCCNC1)C1=CN(C2NCNC3NCNC32)CCS1. The van der Waals surface area contributed by atoms with E-state index >= 15 is 0 Å². The summed E-state index contributed by atoms with van der Waals surface area (Å²) in [5.41, 5.74) is -0.345. The fourth-order valence-corrected chi connectivity index (χ4v) is 7.29. The minimum atomic E-state index is -0.345. The van der Waals surface area contributed by atoms with Gasteiger partial charge < -0.3 is 20.9 Å². The third-order valence-corrected chi connectivity index (χ3v) is 9.31. The second kappa shape index (κ2) is 12.3. The molecule has 0 bridgehead atoms. The van der Waals surface area contributed by atoms with Crippen molar-refractivity contribution in [2.24, 2.45) is 11.3 Å². The van der Waals surface area contributed by atoms with Crippen LogP contribution in [-0.2, 0) is 9.59 Å². The van der Waals surface area contributed by atoms with Crippen LogP contribution in [0, 0.1) is 11.3 Å². The Balaban J connectivity index is 1.12. The van der Waals surface area contributed by atoms with E-state index in [1.54, 1.807) is 11.8 Å². The van der Waals surface area contributed by atoms with Crippen LogP contribution >= 0.6 is 11.8 Å². The van der Waals surface area contributed by atoms with Gasteiger partial charge in [0.15, 0.2) is 0 Å². The molecule has 0 aromatic heterocycles. The zero-order valence-electron chi connectivity index (χ0n) is 21.1. The molecule has 4 aliphatic heterocycles. The quantitative estimate of drug-likeness (QED) is 0.177. The van der Waals surface area contributed by atoms with Gasteiger partial charge in [-0.15, -0.1) is 11.8 Å². The molecule has 200 valence electrons. The van der Waals surface area contributed by atoms with Gasteiger partial charge in [0.25, 0.3) is 5.91 Å². The van der Waals surface area contributed by atoms with E-state index in [4.69, 9.17) is 0 Å². The van der Waals surface area contributed by atoms with Crippen LogP contribution < -0.4 is 37.2 Å². The molecule has 5 rings (SSSR count). The predicted octanol–water partition coefficient (Wildman–Crippen LogP) is -0.453. The van der Waals surface area contributed by atoms with E-state index in [0.717, 1.165) is 82.2 Å². The van der Waals surface area contributed by atoms with Crippen molar-refractivity contribution in [3.8, 4) is 0 Å². The molecule has 10 nitrogen and oxygen atoms in total. The lowest BCUT2D eigenvalue weighted by Crippen LogP contribution is -2.68. The van der Waals surface area contributed by atoms with Crippen molar-refractivity contribution in [3.05, 3.63) is 23.3 Å². The number of carbonyl (C=O) groups excluding carboxylic acids is 2. The van der Waals surface area contributed by atoms with Crippen molar-refractivity contribution >= 4 is 23.6 Å². The van der Waals surface area contributed by atoms with Crippen molar-refractivity contribution in [1.82, 2.24) is 42.1 Å². The Labute approximate surface area is 218 Å². The Morgan fingerprint density at radius 2 is 1.94 bits per heavy atom. The summed E-state index contributed by atoms with van der Waals surface area (Å²) in [5.74, 6) is 1.33. The van der Waals surface area contributed by atoms with E-state index in [-0.39, 0.29) is 35.6 Å². The van der Waals surface area contributed by atoms with Gasteiger partial charge in [-0.25, -0.2) is 0 Å². The first-order valence-corrected chi connectivity index (χ1v) is 14.6. The number of rotatable bonds is 7. The second-order valence-corrected chi connectivity index (χ2v) is 11.6. The number of allylic oxidation sites excluding steroid dienone is 2. The molecule has 7 N–H and O–H groups in total. The van der Waals surface area contributed by atoms with E-state index in [9.17, 15) is 9.59 Å². The molecule has 0 radical (unpaired) electrons. The zero-order valence-corrected chi connectivity index (χ0v) is 21.9. The van der Waals surface area contributed by atoms with Crippen molar-refractivity contribution in [1.29, 1.82) is 0 Å². The maximum Gasteiger partial charge on any atom is 0.259 e. The number of nitrogens with zero attached hydrogens (tertiary/aromatic N) is 1. The average molecular weight is 519 g/mol. The van der Waals surface area contributed by atoms with E-state index in [0.29, 0.717) is 19.0 Å². The highest BCUT2D eigenvalue weighted by molar-refractivity contribution is 8.04. The number of hydrogen-bond donors (Lipinski definition) is 7. The van der Waals surface area contributed by atoms with Gasteiger partial charge in [-0.2, -0.15) is 0 Å². The standard InChI is InChI=1S/C25H42N8O2S/c34-23(19-14-33(12-13-36-19)22-20-21(30-16-29-20)31-17-32-22)27-10-11-28-24(35)25(8-5-9-26-15-25)18-6-3-1-2-4-7-18/h1,3,14,18,20-22,26,29-32H,2,4-13,15-17H2,(H,27,34)(H,28,35)/t18-,20?,21?,22?,25?/m1/s1. The van der Waals surface area contributed by atoms with Crippen LogP contribution in [0.2, 0.25) is 0 Å². The third kappa shape index (κ3) is 5.76. The third-order valence-electron chi connectivity index (χ3n) is 8.32. The maximum atomic E-state index is 13.5. The summed E-state index contributed by atoms with van der Waals surface area (Å²) in [7, 11) is 0. The highest BCUT2D eigenvalue weighted by atomic mass is 32.2. The van der Waals surface area contributed by atoms with Gasteiger partial charge in [0.1, 0.15) is 0 Å². The largest absolute Gasteiger partial charge is 0.358 e. The Hall–Kier alpha value is -1.63. The summed E-state index contributed by atoms with van der Waals surface area (Å²) in [6, 6.07) is 0.239. The fraction of sp³-hybridized carbons (Fsp3) is 0.760. The first-order chi connectivity index (χ1) is 17.7. The molecule has 3 saturated heterocycles. The van der Waals surface area contributed by atoms with Gasteiger partial charge in [-0.05, 0) is 51.0 Å². The molecular formula is C25H42N8O2S. The van der Waals surface area contributed by atoms with Crippen LogP contribution in [0.5, 0.6) is 0 Å². The molecular weight excluding hydrogens is 476 g/mol. The van der Waals surface area contributed by atoms with Crippen LogP contribution in [0.1, 0.15) is 38.5 Å². The van der Waals surface area contributed by atoms with Gasteiger partial charge in [0.2, 0.25) is 5.91 Å². The van der Waals surface area contributed by atoms with Crippen molar-refractivity contribution in [2.75, 3.05) is 51.8 Å². The molecule has 0 spiro atoms. The number of fused-ring (bicyclic) bond motifs is 1. The van der Waals surface area contributed by atoms with Gasteiger partial charge in [0, 0.05) is 51.5 Å². The van der Waals surface area contributed by atoms with Crippen LogP contribution in [0.15, 0.2) is 23.3 Å². The maximum absolute atomic E-state index is 13.5. The lowest BCUT2D eigenvalue weighted by Gasteiger charge is -2.42. The molecule has 5 aliphatic rings. The predicted molar refractivity (Wildman–Crippen MR) is 143 cm³/mol. The van der Waals surface area contributed by atoms with Crippen LogP contribution in [0.3, 0.4) is 0 Å². The van der Waals surface area contributed by atoms with E-state index in [1.165, 1.54) is 0 Å². The number of thioether (sulfide) groups is 1. The fourth-order valence-electron chi connectivity index (χ4n) is 6.36. The Morgan fingerprint density at radius 1 is 1.08 bits per heavy atom. The molecule has 0 aromatic carbocycles. The minimum absolute atomic E-state index is 0.0649. The molecule has 1 aliphatic carbocycles. The summed E-state index contributed by atoms with van der Waals surface area (Å²) >= 11 is 1.60. The molecule has 4 unspecified atom stereocenters. The van der Waals surface area contributed by atoms with Crippen molar-refractivity contribution < 1.29 is 9.59 Å². The first-order valence-electron chi connectivity index (χ1n) is 13.6. The molecule has 3 fully saturated rings. The second-order valence-electron chi connectivity index (χ2n) is 10.5. The molecule has 0 aromatic rings. The van der Waals surface area contributed by atoms with Gasteiger partial charge in [0.05, 0.1) is 28.7 Å². The van der Waals surface area contributed by atoms with E-state index in [2.05, 4.69) is 54.3 Å². The zero-order chi connectivity index (χ0) is 24.8. The van der Waals surface area contributed by atoms with Crippen LogP contribution in [0.4, 0.5) is 0 Å². The van der Waals surface area contributed by atoms with Crippen LogP contribution in [0.25, 0.3) is 0 Å². The number of piperidine rings is 1. The number of carbonyl (C=O) groups is 2. The highest BCUT2D eigenvalue weighted by Crippen LogP contribution is 2.41. The van der Waals surface area contributed by atoms with Gasteiger partial charge in [-0.3, -0.25) is 30.9 Å². The Kier molecular flexibility index (Phi) is 8.86. The normalized spacial score (nSPS) is 34.9. The Bertz CT molecular complexity index is 846. The highest BCUT2D eigenvalue weighted by Gasteiger charge is 2.45. The van der Waals surface area contributed by atoms with Gasteiger partial charge in [-0.1, -0.05) is 12.2 Å². The monoisotopic (exact) mass is 518 g/mol. The van der Waals surface area contributed by atoms with E-state index < -0.39 is 0 Å². The molecule has 0 saturated carbocycles. The van der Waals surface area contributed by atoms with Crippen molar-refractivity contribution in [2.45, 2.75) is 56.9 Å². The molecule has 2 amide bonds. The van der Waals surface area contributed by atoms with Crippen LogP contribution in [-0.4, -0.2) is 86.9 Å². The molecule has 11 heteroatoms. The molecule has 4 heterocycles. The smallest absolute Gasteiger partial charge is 0.259 e. The summed E-state index contributed by atoms with van der Waals surface area (Å²) in [6.07, 6.45) is 13.2. The summed E-state index contributed by atoms with van der Waals surface area (Å²) in [4.78, 5) is 29.4. The molecule has 36 heavy (non-hydrogen) atoms. The minimum Gasteiger partial charge on any atom is -0.358 e.